The molecule has 1 aliphatic rings. The summed E-state index contributed by atoms with van der Waals surface area (Å²) in [7, 11) is 0. The van der Waals surface area contributed by atoms with E-state index in [1.54, 1.807) is 4.57 Å². The molecule has 5 nitrogen and oxygen atoms in total. The van der Waals surface area contributed by atoms with Crippen LogP contribution in [0.5, 0.6) is 0 Å². The van der Waals surface area contributed by atoms with Crippen LogP contribution in [0.4, 0.5) is 0 Å². The smallest absolute Gasteiger partial charge is 0.257 e. The summed E-state index contributed by atoms with van der Waals surface area (Å²) in [6, 6.07) is 9.82. The molecule has 0 spiro atoms. The molecule has 0 bridgehead atoms. The highest BCUT2D eigenvalue weighted by Crippen LogP contribution is 2.26. The van der Waals surface area contributed by atoms with Crippen LogP contribution in [0.2, 0.25) is 0 Å². The van der Waals surface area contributed by atoms with Crippen molar-refractivity contribution >= 4 is 17.7 Å². The van der Waals surface area contributed by atoms with Gasteiger partial charge in [-0.3, -0.25) is 14.2 Å². The molecule has 0 saturated heterocycles. The maximum atomic E-state index is 12.6. The van der Waals surface area contributed by atoms with Crippen molar-refractivity contribution < 1.29 is 4.79 Å². The van der Waals surface area contributed by atoms with E-state index >= 15 is 0 Å². The van der Waals surface area contributed by atoms with Crippen molar-refractivity contribution in [2.24, 2.45) is 5.92 Å². The molecule has 24 heavy (non-hydrogen) atoms. The zero-order chi connectivity index (χ0) is 17.1. The van der Waals surface area contributed by atoms with E-state index < -0.39 is 0 Å². The Hall–Kier alpha value is -2.08. The van der Waals surface area contributed by atoms with Crippen LogP contribution in [0, 0.1) is 12.8 Å². The van der Waals surface area contributed by atoms with Crippen LogP contribution in [0.1, 0.15) is 23.7 Å². The van der Waals surface area contributed by atoms with Gasteiger partial charge in [0.15, 0.2) is 5.16 Å². The lowest BCUT2D eigenvalue weighted by atomic mass is 10.1. The molecule has 126 valence electrons. The largest absolute Gasteiger partial charge is 0.352 e. The van der Waals surface area contributed by atoms with Crippen molar-refractivity contribution in [3.63, 3.8) is 0 Å². The molecule has 1 amide bonds. The number of rotatable bonds is 4. The van der Waals surface area contributed by atoms with Gasteiger partial charge in [-0.1, -0.05) is 49.0 Å². The summed E-state index contributed by atoms with van der Waals surface area (Å²) in [5.74, 6) is 0.429. The minimum Gasteiger partial charge on any atom is -0.352 e. The number of thioether (sulfide) groups is 1. The van der Waals surface area contributed by atoms with Crippen molar-refractivity contribution in [3.8, 4) is 0 Å². The maximum absolute atomic E-state index is 12.6. The first kappa shape index (κ1) is 16.8. The van der Waals surface area contributed by atoms with Gasteiger partial charge in [-0.15, -0.1) is 0 Å². The van der Waals surface area contributed by atoms with Crippen molar-refractivity contribution in [1.82, 2.24) is 14.9 Å². The van der Waals surface area contributed by atoms with E-state index in [1.165, 1.54) is 11.8 Å². The Kier molecular flexibility index (Phi) is 5.04. The number of carbonyl (C=O) groups excluding carboxylic acids is 1. The molecule has 1 atom stereocenters. The van der Waals surface area contributed by atoms with Crippen LogP contribution in [-0.4, -0.2) is 21.2 Å². The standard InChI is InChI=1S/C18H21N3O2S/c1-3-15-12(2)20-18-21(17(15)23)10-14(11-24-18)16(22)19-9-13-7-5-4-6-8-13/h4-8,14H,3,9-11H2,1-2H3,(H,19,22). The van der Waals surface area contributed by atoms with E-state index in [0.717, 1.165) is 22.0 Å². The Morgan fingerprint density at radius 1 is 1.38 bits per heavy atom. The van der Waals surface area contributed by atoms with Gasteiger partial charge in [0.05, 0.1) is 5.92 Å². The molecule has 1 aromatic carbocycles. The summed E-state index contributed by atoms with van der Waals surface area (Å²) in [4.78, 5) is 29.6. The Balaban J connectivity index is 1.72. The summed E-state index contributed by atoms with van der Waals surface area (Å²) in [5.41, 5.74) is 2.60. The number of aromatic nitrogens is 2. The van der Waals surface area contributed by atoms with E-state index in [-0.39, 0.29) is 17.4 Å². The third-order valence-corrected chi connectivity index (χ3v) is 5.42. The van der Waals surface area contributed by atoms with Crippen molar-refractivity contribution in [2.75, 3.05) is 5.75 Å². The van der Waals surface area contributed by atoms with Crippen LogP contribution in [0.15, 0.2) is 40.3 Å². The van der Waals surface area contributed by atoms with Gasteiger partial charge >= 0.3 is 0 Å². The van der Waals surface area contributed by atoms with Gasteiger partial charge in [-0.2, -0.15) is 0 Å². The number of hydrogen-bond acceptors (Lipinski definition) is 4. The lowest BCUT2D eigenvalue weighted by Gasteiger charge is -2.25. The van der Waals surface area contributed by atoms with Crippen LogP contribution in [-0.2, 0) is 24.3 Å². The van der Waals surface area contributed by atoms with Crippen LogP contribution < -0.4 is 10.9 Å². The molecule has 1 aromatic heterocycles. The number of hydrogen-bond donors (Lipinski definition) is 1. The quantitative estimate of drug-likeness (QED) is 0.864. The number of carbonyl (C=O) groups is 1. The summed E-state index contributed by atoms with van der Waals surface area (Å²) < 4.78 is 1.66. The SMILES string of the molecule is CCc1c(C)nc2n(c1=O)CC(C(=O)NCc1ccccc1)CS2. The van der Waals surface area contributed by atoms with Crippen molar-refractivity contribution in [1.29, 1.82) is 0 Å². The van der Waals surface area contributed by atoms with Gasteiger partial charge in [0.25, 0.3) is 5.56 Å². The normalized spacial score (nSPS) is 16.5. The fraction of sp³-hybridized carbons (Fsp3) is 0.389. The molecule has 0 radical (unpaired) electrons. The minimum absolute atomic E-state index is 0.00643. The van der Waals surface area contributed by atoms with Gasteiger partial charge < -0.3 is 5.32 Å². The maximum Gasteiger partial charge on any atom is 0.257 e. The zero-order valence-corrected chi connectivity index (χ0v) is 14.7. The zero-order valence-electron chi connectivity index (χ0n) is 13.9. The predicted molar refractivity (Wildman–Crippen MR) is 95.1 cm³/mol. The third kappa shape index (κ3) is 3.38. The number of fused-ring (bicyclic) bond motifs is 1. The fourth-order valence-corrected chi connectivity index (χ4v) is 4.01. The van der Waals surface area contributed by atoms with Gasteiger partial charge in [-0.05, 0) is 18.9 Å². The molecule has 2 heterocycles. The number of nitrogens with one attached hydrogen (secondary N) is 1. The molecule has 1 unspecified atom stereocenters. The Bertz CT molecular complexity index is 802. The van der Waals surface area contributed by atoms with E-state index in [0.29, 0.717) is 25.3 Å². The van der Waals surface area contributed by atoms with Gasteiger partial charge in [0, 0.05) is 30.1 Å². The summed E-state index contributed by atoms with van der Waals surface area (Å²) in [5, 5.41) is 3.69. The number of nitrogens with zero attached hydrogens (tertiary/aromatic N) is 2. The van der Waals surface area contributed by atoms with Crippen LogP contribution >= 0.6 is 11.8 Å². The molecular weight excluding hydrogens is 322 g/mol. The first-order chi connectivity index (χ1) is 11.6. The van der Waals surface area contributed by atoms with Gasteiger partial charge in [0.2, 0.25) is 5.91 Å². The molecule has 6 heteroatoms. The average Bonchev–Trinajstić information content (AvgIpc) is 2.60. The Labute approximate surface area is 145 Å². The molecule has 0 saturated carbocycles. The van der Waals surface area contributed by atoms with Crippen molar-refractivity contribution in [3.05, 3.63) is 57.5 Å². The topological polar surface area (TPSA) is 64.0 Å². The lowest BCUT2D eigenvalue weighted by Crippen LogP contribution is -2.40. The van der Waals surface area contributed by atoms with E-state index in [4.69, 9.17) is 0 Å². The van der Waals surface area contributed by atoms with E-state index in [1.807, 2.05) is 44.2 Å². The second kappa shape index (κ2) is 7.21. The summed E-state index contributed by atoms with van der Waals surface area (Å²) in [6.45, 7) is 4.75. The minimum atomic E-state index is -0.210. The second-order valence-corrected chi connectivity index (χ2v) is 6.93. The second-order valence-electron chi connectivity index (χ2n) is 5.94. The van der Waals surface area contributed by atoms with Gasteiger partial charge in [-0.25, -0.2) is 4.98 Å². The molecule has 0 aliphatic carbocycles. The van der Waals surface area contributed by atoms with Crippen LogP contribution in [0.25, 0.3) is 0 Å². The fourth-order valence-electron chi connectivity index (χ4n) is 2.89. The van der Waals surface area contributed by atoms with Gasteiger partial charge in [0.1, 0.15) is 0 Å². The summed E-state index contributed by atoms with van der Waals surface area (Å²) >= 11 is 1.49. The van der Waals surface area contributed by atoms with E-state index in [9.17, 15) is 9.59 Å². The lowest BCUT2D eigenvalue weighted by molar-refractivity contribution is -0.125. The Morgan fingerprint density at radius 3 is 2.83 bits per heavy atom. The molecule has 1 aliphatic heterocycles. The predicted octanol–water partition coefficient (Wildman–Crippen LogP) is 2.15. The highest BCUT2D eigenvalue weighted by molar-refractivity contribution is 7.99. The molecule has 2 aromatic rings. The Morgan fingerprint density at radius 2 is 2.12 bits per heavy atom. The third-order valence-electron chi connectivity index (χ3n) is 4.28. The highest BCUT2D eigenvalue weighted by atomic mass is 32.2. The first-order valence-corrected chi connectivity index (χ1v) is 9.13. The molecule has 0 fully saturated rings. The van der Waals surface area contributed by atoms with Crippen LogP contribution in [0.3, 0.4) is 0 Å². The highest BCUT2D eigenvalue weighted by Gasteiger charge is 2.27. The number of aryl methyl sites for hydroxylation is 1. The van der Waals surface area contributed by atoms with E-state index in [2.05, 4.69) is 10.3 Å². The monoisotopic (exact) mass is 343 g/mol. The van der Waals surface area contributed by atoms with Crippen molar-refractivity contribution in [2.45, 2.75) is 38.5 Å². The number of benzene rings is 1. The molecule has 1 N–H and O–H groups in total. The molecular formula is C18H21N3O2S. The average molecular weight is 343 g/mol. The number of amides is 1. The first-order valence-electron chi connectivity index (χ1n) is 8.15. The summed E-state index contributed by atoms with van der Waals surface area (Å²) in [6.07, 6.45) is 0.660. The molecule has 3 rings (SSSR count).